The summed E-state index contributed by atoms with van der Waals surface area (Å²) in [6.45, 7) is 9.83. The molecule has 1 rings (SSSR count). The topological polar surface area (TPSA) is 103 Å². The van der Waals surface area contributed by atoms with Gasteiger partial charge in [0.15, 0.2) is 0 Å². The fourth-order valence-electron chi connectivity index (χ4n) is 1.84. The number of imide groups is 1. The number of rotatable bonds is 1. The minimum Gasteiger partial charge on any atom is -0.443 e. The molecule has 0 spiro atoms. The van der Waals surface area contributed by atoms with Gasteiger partial charge in [0.2, 0.25) is 0 Å². The highest BCUT2D eigenvalue weighted by molar-refractivity contribution is 6.11. The third-order valence-corrected chi connectivity index (χ3v) is 2.65. The van der Waals surface area contributed by atoms with Crippen LogP contribution in [0.25, 0.3) is 0 Å². The number of nitriles is 2. The summed E-state index contributed by atoms with van der Waals surface area (Å²) >= 11 is 0. The van der Waals surface area contributed by atoms with Gasteiger partial charge < -0.3 is 9.47 Å². The highest BCUT2D eigenvalue weighted by atomic mass is 16.6. The van der Waals surface area contributed by atoms with Crippen molar-refractivity contribution in [3.05, 3.63) is 29.3 Å². The van der Waals surface area contributed by atoms with Crippen molar-refractivity contribution in [3.8, 4) is 12.1 Å². The largest absolute Gasteiger partial charge is 0.443 e. The van der Waals surface area contributed by atoms with Crippen LogP contribution in [0.3, 0.4) is 0 Å². The molecule has 2 amide bonds. The minimum atomic E-state index is -1.03. The molecule has 0 aromatic heterocycles. The second-order valence-electron chi connectivity index (χ2n) is 7.22. The summed E-state index contributed by atoms with van der Waals surface area (Å²) in [5, 5.41) is 18.7. The van der Waals surface area contributed by atoms with Crippen LogP contribution in [0, 0.1) is 22.7 Å². The molecule has 1 aromatic carbocycles. The van der Waals surface area contributed by atoms with Crippen molar-refractivity contribution in [1.29, 1.82) is 10.5 Å². The van der Waals surface area contributed by atoms with Gasteiger partial charge in [-0.3, -0.25) is 0 Å². The van der Waals surface area contributed by atoms with Crippen LogP contribution in [0.4, 0.5) is 15.3 Å². The Morgan fingerprint density at radius 1 is 0.880 bits per heavy atom. The van der Waals surface area contributed by atoms with Crippen LogP contribution in [-0.2, 0) is 9.47 Å². The minimum absolute atomic E-state index is 0.0178. The molecule has 1 aromatic rings. The summed E-state index contributed by atoms with van der Waals surface area (Å²) < 4.78 is 10.5. The van der Waals surface area contributed by atoms with E-state index >= 15 is 0 Å². The lowest BCUT2D eigenvalue weighted by atomic mass is 10.1. The number of hydrogen-bond acceptors (Lipinski definition) is 6. The Labute approximate surface area is 147 Å². The Morgan fingerprint density at radius 3 is 1.52 bits per heavy atom. The van der Waals surface area contributed by atoms with E-state index in [4.69, 9.17) is 9.47 Å². The predicted molar refractivity (Wildman–Crippen MR) is 90.8 cm³/mol. The van der Waals surface area contributed by atoms with Crippen LogP contribution < -0.4 is 4.90 Å². The number of carbonyl (C=O) groups excluding carboxylic acids is 2. The van der Waals surface area contributed by atoms with Crippen LogP contribution in [0.2, 0.25) is 0 Å². The highest BCUT2D eigenvalue weighted by Gasteiger charge is 2.35. The zero-order valence-corrected chi connectivity index (χ0v) is 15.2. The van der Waals surface area contributed by atoms with E-state index in [9.17, 15) is 20.1 Å². The number of anilines is 1. The van der Waals surface area contributed by atoms with Gasteiger partial charge in [-0.05, 0) is 53.7 Å². The van der Waals surface area contributed by atoms with Crippen LogP contribution in [0.1, 0.15) is 52.7 Å². The SMILES string of the molecule is CC(C)(C)OC(=O)N(C(=O)OC(C)(C)C)c1c(C#N)cccc1C#N. The van der Waals surface area contributed by atoms with Gasteiger partial charge >= 0.3 is 12.2 Å². The Morgan fingerprint density at radius 2 is 1.24 bits per heavy atom. The second-order valence-corrected chi connectivity index (χ2v) is 7.22. The highest BCUT2D eigenvalue weighted by Crippen LogP contribution is 2.28. The zero-order chi connectivity index (χ0) is 19.4. The van der Waals surface area contributed by atoms with Crippen LogP contribution in [-0.4, -0.2) is 23.4 Å². The Kier molecular flexibility index (Phi) is 5.78. The molecular formula is C18H21N3O4. The molecule has 0 saturated carbocycles. The van der Waals surface area contributed by atoms with Crippen molar-refractivity contribution in [2.24, 2.45) is 0 Å². The van der Waals surface area contributed by atoms with Gasteiger partial charge in [-0.1, -0.05) is 6.07 Å². The van der Waals surface area contributed by atoms with E-state index in [0.717, 1.165) is 0 Å². The predicted octanol–water partition coefficient (Wildman–Crippen LogP) is 4.11. The van der Waals surface area contributed by atoms with Gasteiger partial charge in [0.25, 0.3) is 0 Å². The molecule has 0 bridgehead atoms. The van der Waals surface area contributed by atoms with E-state index in [0.29, 0.717) is 4.90 Å². The number of nitrogens with zero attached hydrogens (tertiary/aromatic N) is 3. The van der Waals surface area contributed by atoms with E-state index in [1.165, 1.54) is 18.2 Å². The number of para-hydroxylation sites is 1. The average molecular weight is 343 g/mol. The first-order valence-electron chi connectivity index (χ1n) is 7.59. The normalized spacial score (nSPS) is 11.0. The fourth-order valence-corrected chi connectivity index (χ4v) is 1.84. The van der Waals surface area contributed by atoms with E-state index in [1.54, 1.807) is 41.5 Å². The maximum atomic E-state index is 12.6. The summed E-state index contributed by atoms with van der Waals surface area (Å²) in [6, 6.07) is 8.05. The maximum Gasteiger partial charge on any atom is 0.424 e. The molecule has 0 heterocycles. The van der Waals surface area contributed by atoms with Gasteiger partial charge in [-0.25, -0.2) is 9.59 Å². The molecular weight excluding hydrogens is 322 g/mol. The molecule has 0 unspecified atom stereocenters. The molecule has 25 heavy (non-hydrogen) atoms. The second kappa shape index (κ2) is 7.23. The van der Waals surface area contributed by atoms with Crippen LogP contribution >= 0.6 is 0 Å². The third kappa shape index (κ3) is 5.50. The lowest BCUT2D eigenvalue weighted by molar-refractivity contribution is 0.0430. The van der Waals surface area contributed by atoms with E-state index in [2.05, 4.69) is 0 Å². The third-order valence-electron chi connectivity index (χ3n) is 2.65. The van der Waals surface area contributed by atoms with Crippen molar-refractivity contribution in [2.45, 2.75) is 52.7 Å². The Balaban J connectivity index is 3.54. The van der Waals surface area contributed by atoms with Gasteiger partial charge in [0, 0.05) is 0 Å². The van der Waals surface area contributed by atoms with Crippen molar-refractivity contribution in [1.82, 2.24) is 0 Å². The van der Waals surface area contributed by atoms with Crippen molar-refractivity contribution in [3.63, 3.8) is 0 Å². The van der Waals surface area contributed by atoms with Gasteiger partial charge in [0.05, 0.1) is 16.8 Å². The first-order chi connectivity index (χ1) is 11.4. The molecule has 0 N–H and O–H groups in total. The van der Waals surface area contributed by atoms with Crippen molar-refractivity contribution in [2.75, 3.05) is 4.90 Å². The van der Waals surface area contributed by atoms with Gasteiger partial charge in [0.1, 0.15) is 23.3 Å². The number of carbonyl (C=O) groups is 2. The van der Waals surface area contributed by atoms with Crippen molar-refractivity contribution < 1.29 is 19.1 Å². The Bertz CT molecular complexity index is 698. The lowest BCUT2D eigenvalue weighted by Gasteiger charge is -2.29. The lowest BCUT2D eigenvalue weighted by Crippen LogP contribution is -2.44. The number of benzene rings is 1. The molecule has 0 aliphatic heterocycles. The Hall–Kier alpha value is -3.06. The van der Waals surface area contributed by atoms with E-state index in [-0.39, 0.29) is 16.8 Å². The molecule has 0 fully saturated rings. The van der Waals surface area contributed by atoms with E-state index in [1.807, 2.05) is 12.1 Å². The molecule has 7 heteroatoms. The van der Waals surface area contributed by atoms with Crippen LogP contribution in [0.5, 0.6) is 0 Å². The monoisotopic (exact) mass is 343 g/mol. The quantitative estimate of drug-likeness (QED) is 0.760. The number of amides is 2. The molecule has 132 valence electrons. The first-order valence-corrected chi connectivity index (χ1v) is 7.59. The van der Waals surface area contributed by atoms with Gasteiger partial charge in [-0.15, -0.1) is 0 Å². The van der Waals surface area contributed by atoms with Crippen molar-refractivity contribution >= 4 is 17.9 Å². The molecule has 0 aliphatic rings. The summed E-state index contributed by atoms with van der Waals surface area (Å²) in [5.74, 6) is 0. The fraction of sp³-hybridized carbons (Fsp3) is 0.444. The first kappa shape index (κ1) is 20.0. The number of ether oxygens (including phenoxy) is 2. The smallest absolute Gasteiger partial charge is 0.424 e. The molecule has 0 atom stereocenters. The maximum absolute atomic E-state index is 12.6. The molecule has 7 nitrogen and oxygen atoms in total. The molecule has 0 aliphatic carbocycles. The van der Waals surface area contributed by atoms with E-state index < -0.39 is 23.4 Å². The standard InChI is InChI=1S/C18H21N3O4/c1-17(2,3)24-15(22)21(16(23)25-18(4,5)6)14-12(10-19)8-7-9-13(14)11-20/h7-9H,1-6H3. The number of hydrogen-bond donors (Lipinski definition) is 0. The molecule has 0 radical (unpaired) electrons. The zero-order valence-electron chi connectivity index (χ0n) is 15.2. The summed E-state index contributed by atoms with van der Waals surface area (Å²) in [5.41, 5.74) is -1.96. The average Bonchev–Trinajstić information content (AvgIpc) is 2.43. The van der Waals surface area contributed by atoms with Gasteiger partial charge in [-0.2, -0.15) is 15.4 Å². The molecule has 0 saturated heterocycles. The summed E-state index contributed by atoms with van der Waals surface area (Å²) in [6.07, 6.45) is -2.05. The van der Waals surface area contributed by atoms with Crippen LogP contribution in [0.15, 0.2) is 18.2 Å². The summed E-state index contributed by atoms with van der Waals surface area (Å²) in [7, 11) is 0. The summed E-state index contributed by atoms with van der Waals surface area (Å²) in [4.78, 5) is 25.8.